The average molecular weight is 220 g/mol. The minimum absolute atomic E-state index is 0.225. The number of terminal acetylenes is 1. The lowest BCUT2D eigenvalue weighted by molar-refractivity contribution is 0.0776. The number of carbonyl (C=O) groups is 1. The van der Waals surface area contributed by atoms with Crippen LogP contribution in [0.4, 0.5) is 4.39 Å². The summed E-state index contributed by atoms with van der Waals surface area (Å²) in [7, 11) is 0. The first-order valence-electron chi connectivity index (χ1n) is 5.02. The van der Waals surface area contributed by atoms with Crippen LogP contribution >= 0.6 is 0 Å². The second-order valence-corrected chi connectivity index (χ2v) is 3.32. The molecule has 0 N–H and O–H groups in total. The van der Waals surface area contributed by atoms with Crippen LogP contribution in [-0.2, 0) is 0 Å². The highest BCUT2D eigenvalue weighted by molar-refractivity contribution is 5.94. The van der Waals surface area contributed by atoms with Gasteiger partial charge in [-0.25, -0.2) is 4.39 Å². The number of nitrogens with zero attached hydrogens (tertiary/aromatic N) is 2. The molecule has 0 atom stereocenters. The average Bonchev–Trinajstić information content (AvgIpc) is 2.28. The van der Waals surface area contributed by atoms with Crippen LogP contribution in [0.25, 0.3) is 0 Å². The molecule has 0 saturated carbocycles. The zero-order valence-electron chi connectivity index (χ0n) is 9.11. The van der Waals surface area contributed by atoms with Gasteiger partial charge < -0.3 is 4.90 Å². The molecule has 84 valence electrons. The van der Waals surface area contributed by atoms with E-state index in [2.05, 4.69) is 10.9 Å². The number of rotatable bonds is 4. The predicted octanol–water partition coefficient (Wildman–Crippen LogP) is 1.71. The predicted molar refractivity (Wildman–Crippen MR) is 59.2 cm³/mol. The highest BCUT2D eigenvalue weighted by atomic mass is 19.1. The molecule has 0 bridgehead atoms. The maximum atomic E-state index is 12.9. The Hall–Kier alpha value is -1.89. The van der Waals surface area contributed by atoms with Crippen LogP contribution in [0.2, 0.25) is 0 Å². The van der Waals surface area contributed by atoms with Crippen molar-refractivity contribution in [2.24, 2.45) is 0 Å². The molecule has 1 heterocycles. The Morgan fingerprint density at radius 1 is 1.62 bits per heavy atom. The Kier molecular flexibility index (Phi) is 4.46. The summed E-state index contributed by atoms with van der Waals surface area (Å²) < 4.78 is 12.9. The minimum Gasteiger partial charge on any atom is -0.327 e. The summed E-state index contributed by atoms with van der Waals surface area (Å²) >= 11 is 0. The first-order valence-corrected chi connectivity index (χ1v) is 5.02. The van der Waals surface area contributed by atoms with E-state index in [1.165, 1.54) is 11.1 Å². The van der Waals surface area contributed by atoms with Crippen molar-refractivity contribution in [1.29, 1.82) is 0 Å². The zero-order chi connectivity index (χ0) is 12.0. The van der Waals surface area contributed by atoms with Gasteiger partial charge in [0, 0.05) is 12.7 Å². The van der Waals surface area contributed by atoms with Crippen molar-refractivity contribution < 1.29 is 9.18 Å². The van der Waals surface area contributed by atoms with Crippen LogP contribution in [0.1, 0.15) is 23.7 Å². The fraction of sp³-hybridized carbons (Fsp3) is 0.333. The summed E-state index contributed by atoms with van der Waals surface area (Å²) in [5, 5.41) is 0. The van der Waals surface area contributed by atoms with E-state index in [1.807, 2.05) is 6.92 Å². The topological polar surface area (TPSA) is 33.2 Å². The third-order valence-corrected chi connectivity index (χ3v) is 2.01. The molecular formula is C12H13FN2O. The molecule has 1 aromatic heterocycles. The van der Waals surface area contributed by atoms with E-state index in [-0.39, 0.29) is 18.0 Å². The molecule has 1 amide bonds. The maximum Gasteiger partial charge on any atom is 0.256 e. The third kappa shape index (κ3) is 3.06. The Morgan fingerprint density at radius 2 is 2.38 bits per heavy atom. The summed E-state index contributed by atoms with van der Waals surface area (Å²) in [5.74, 6) is 1.60. The number of hydrogen-bond acceptors (Lipinski definition) is 2. The molecule has 0 aliphatic heterocycles. The smallest absolute Gasteiger partial charge is 0.256 e. The quantitative estimate of drug-likeness (QED) is 0.724. The van der Waals surface area contributed by atoms with Crippen molar-refractivity contribution in [3.8, 4) is 12.3 Å². The van der Waals surface area contributed by atoms with Gasteiger partial charge in [-0.15, -0.1) is 6.42 Å². The van der Waals surface area contributed by atoms with Gasteiger partial charge in [0.1, 0.15) is 5.82 Å². The van der Waals surface area contributed by atoms with Crippen molar-refractivity contribution in [3.63, 3.8) is 0 Å². The molecule has 0 unspecified atom stereocenters. The fourth-order valence-electron chi connectivity index (χ4n) is 1.34. The molecule has 1 aromatic rings. The third-order valence-electron chi connectivity index (χ3n) is 2.01. The number of halogens is 1. The van der Waals surface area contributed by atoms with Gasteiger partial charge >= 0.3 is 0 Å². The molecule has 0 aliphatic rings. The van der Waals surface area contributed by atoms with E-state index in [4.69, 9.17) is 6.42 Å². The Bertz CT molecular complexity index is 412. The number of pyridine rings is 1. The summed E-state index contributed by atoms with van der Waals surface area (Å²) in [6.07, 6.45) is 8.37. The van der Waals surface area contributed by atoms with Crippen LogP contribution in [0.15, 0.2) is 18.5 Å². The highest BCUT2D eigenvalue weighted by Gasteiger charge is 2.14. The summed E-state index contributed by atoms with van der Waals surface area (Å²) in [4.78, 5) is 17.0. The van der Waals surface area contributed by atoms with Gasteiger partial charge in [-0.2, -0.15) is 0 Å². The summed E-state index contributed by atoms with van der Waals surface area (Å²) in [6, 6.07) is 1.16. The van der Waals surface area contributed by atoms with E-state index in [0.717, 1.165) is 18.7 Å². The first kappa shape index (κ1) is 12.2. The minimum atomic E-state index is -0.525. The Labute approximate surface area is 94.3 Å². The monoisotopic (exact) mass is 220 g/mol. The van der Waals surface area contributed by atoms with Crippen molar-refractivity contribution in [2.75, 3.05) is 13.1 Å². The molecule has 4 heteroatoms. The molecule has 0 aromatic carbocycles. The van der Waals surface area contributed by atoms with Gasteiger partial charge in [0.2, 0.25) is 0 Å². The van der Waals surface area contributed by atoms with Crippen molar-refractivity contribution in [1.82, 2.24) is 9.88 Å². The zero-order valence-corrected chi connectivity index (χ0v) is 9.11. The van der Waals surface area contributed by atoms with E-state index >= 15 is 0 Å². The van der Waals surface area contributed by atoms with Gasteiger partial charge in [-0.3, -0.25) is 9.78 Å². The number of carbonyl (C=O) groups excluding carboxylic acids is 1. The van der Waals surface area contributed by atoms with E-state index in [0.29, 0.717) is 6.54 Å². The molecule has 0 saturated heterocycles. The Balaban J connectivity index is 2.86. The highest BCUT2D eigenvalue weighted by Crippen LogP contribution is 2.06. The van der Waals surface area contributed by atoms with Gasteiger partial charge in [0.15, 0.2) is 0 Å². The normalized spacial score (nSPS) is 9.56. The van der Waals surface area contributed by atoms with Crippen LogP contribution in [0.5, 0.6) is 0 Å². The maximum absolute atomic E-state index is 12.9. The van der Waals surface area contributed by atoms with Gasteiger partial charge in [-0.05, 0) is 12.5 Å². The largest absolute Gasteiger partial charge is 0.327 e. The molecule has 0 spiro atoms. The molecule has 3 nitrogen and oxygen atoms in total. The number of hydrogen-bond donors (Lipinski definition) is 0. The van der Waals surface area contributed by atoms with Crippen molar-refractivity contribution >= 4 is 5.91 Å². The summed E-state index contributed by atoms with van der Waals surface area (Å²) in [6.45, 7) is 2.73. The molecule has 0 aliphatic carbocycles. The van der Waals surface area contributed by atoms with Crippen molar-refractivity contribution in [2.45, 2.75) is 13.3 Å². The van der Waals surface area contributed by atoms with Crippen molar-refractivity contribution in [3.05, 3.63) is 29.8 Å². The fourth-order valence-corrected chi connectivity index (χ4v) is 1.34. The lowest BCUT2D eigenvalue weighted by Gasteiger charge is -2.19. The van der Waals surface area contributed by atoms with Gasteiger partial charge in [-0.1, -0.05) is 12.8 Å². The second-order valence-electron chi connectivity index (χ2n) is 3.32. The lowest BCUT2D eigenvalue weighted by Crippen LogP contribution is -2.32. The van der Waals surface area contributed by atoms with E-state index < -0.39 is 5.82 Å². The molecule has 0 radical (unpaired) electrons. The van der Waals surface area contributed by atoms with Gasteiger partial charge in [0.25, 0.3) is 5.91 Å². The standard InChI is InChI=1S/C12H13FN2O/c1-3-5-15(6-4-2)12(16)10-7-11(13)9-14-8-10/h1,7-9H,4-6H2,2H3. The second kappa shape index (κ2) is 5.86. The number of aromatic nitrogens is 1. The van der Waals surface area contributed by atoms with Crippen LogP contribution in [0, 0.1) is 18.2 Å². The first-order chi connectivity index (χ1) is 7.69. The van der Waals surface area contributed by atoms with Crippen LogP contribution in [-0.4, -0.2) is 28.9 Å². The lowest BCUT2D eigenvalue weighted by atomic mass is 10.2. The van der Waals surface area contributed by atoms with Crippen LogP contribution in [0.3, 0.4) is 0 Å². The SMILES string of the molecule is C#CCN(CCC)C(=O)c1cncc(F)c1. The van der Waals surface area contributed by atoms with E-state index in [9.17, 15) is 9.18 Å². The van der Waals surface area contributed by atoms with Gasteiger partial charge in [0.05, 0.1) is 18.3 Å². The molecular weight excluding hydrogens is 207 g/mol. The van der Waals surface area contributed by atoms with Crippen LogP contribution < -0.4 is 0 Å². The summed E-state index contributed by atoms with van der Waals surface area (Å²) in [5.41, 5.74) is 0.226. The Morgan fingerprint density at radius 3 is 2.94 bits per heavy atom. The molecule has 0 fully saturated rings. The molecule has 1 rings (SSSR count). The molecule has 16 heavy (non-hydrogen) atoms. The van der Waals surface area contributed by atoms with E-state index in [1.54, 1.807) is 0 Å². The number of amides is 1.